The fraction of sp³-hybridized carbons (Fsp3) is 1.00. The molecule has 4 unspecified atom stereocenters. The summed E-state index contributed by atoms with van der Waals surface area (Å²) in [4.78, 5) is 0. The minimum Gasteiger partial charge on any atom is -0.385 e. The van der Waals surface area contributed by atoms with E-state index in [9.17, 15) is 20.4 Å². The molecule has 0 saturated carbocycles. The second-order valence-corrected chi connectivity index (χ2v) is 11.3. The van der Waals surface area contributed by atoms with Crippen LogP contribution in [0.3, 0.4) is 0 Å². The number of hydrogen-bond donors (Lipinski definition) is 4. The largest absolute Gasteiger partial charge is 0.385 e. The Labute approximate surface area is 137 Å². The Morgan fingerprint density at radius 3 is 1.14 bits per heavy atom. The normalized spacial score (nSPS) is 35.7. The highest BCUT2D eigenvalue weighted by Gasteiger charge is 2.47. The van der Waals surface area contributed by atoms with Gasteiger partial charge in [-0.15, -0.1) is 0 Å². The van der Waals surface area contributed by atoms with Crippen LogP contribution in [0.2, 0.25) is 0 Å². The number of aliphatic hydroxyl groups excluding tert-OH is 4. The summed E-state index contributed by atoms with van der Waals surface area (Å²) in [7, 11) is -2.22. The second-order valence-electron chi connectivity index (χ2n) is 6.25. The van der Waals surface area contributed by atoms with Crippen molar-refractivity contribution in [3.05, 3.63) is 0 Å². The molecule has 1 aliphatic rings. The van der Waals surface area contributed by atoms with Gasteiger partial charge in [0.2, 0.25) is 0 Å². The molecule has 0 bridgehead atoms. The van der Waals surface area contributed by atoms with Crippen LogP contribution in [0.1, 0.15) is 65.2 Å². The van der Waals surface area contributed by atoms with E-state index in [4.69, 9.17) is 0 Å². The van der Waals surface area contributed by atoms with Gasteiger partial charge >= 0.3 is 0 Å². The first-order chi connectivity index (χ1) is 10.5. The molecule has 1 rings (SSSR count). The third kappa shape index (κ3) is 5.96. The molecule has 6 heteroatoms. The molecule has 4 atom stereocenters. The van der Waals surface area contributed by atoms with E-state index in [0.29, 0.717) is 0 Å². The van der Waals surface area contributed by atoms with Crippen molar-refractivity contribution in [2.45, 2.75) is 88.6 Å². The molecular formula is C16H34O4P2. The highest BCUT2D eigenvalue weighted by Crippen LogP contribution is 2.64. The first-order valence-electron chi connectivity index (χ1n) is 8.78. The minimum atomic E-state index is -1.11. The maximum Gasteiger partial charge on any atom is 0.105 e. The molecule has 0 aromatic heterocycles. The Kier molecular flexibility index (Phi) is 10.6. The minimum absolute atomic E-state index is 0.741. The van der Waals surface area contributed by atoms with E-state index in [1.165, 1.54) is 0 Å². The van der Waals surface area contributed by atoms with Crippen LogP contribution < -0.4 is 0 Å². The third-order valence-corrected chi connectivity index (χ3v) is 10.4. The lowest BCUT2D eigenvalue weighted by Gasteiger charge is -2.45. The smallest absolute Gasteiger partial charge is 0.105 e. The lowest BCUT2D eigenvalue weighted by atomic mass is 10.2. The zero-order valence-electron chi connectivity index (χ0n) is 14.1. The molecule has 1 saturated heterocycles. The van der Waals surface area contributed by atoms with Crippen molar-refractivity contribution < 1.29 is 20.4 Å². The summed E-state index contributed by atoms with van der Waals surface area (Å²) < 4.78 is 0. The molecule has 1 aliphatic heterocycles. The number of hydrogen-bond acceptors (Lipinski definition) is 4. The Bertz CT molecular complexity index is 249. The van der Waals surface area contributed by atoms with Gasteiger partial charge in [0.1, 0.15) is 23.4 Å². The molecular weight excluding hydrogens is 318 g/mol. The van der Waals surface area contributed by atoms with Crippen LogP contribution in [-0.2, 0) is 0 Å². The molecule has 4 nitrogen and oxygen atoms in total. The molecule has 1 fully saturated rings. The van der Waals surface area contributed by atoms with Crippen molar-refractivity contribution in [2.75, 3.05) is 12.3 Å². The van der Waals surface area contributed by atoms with Gasteiger partial charge in [0.25, 0.3) is 0 Å². The number of unbranched alkanes of at least 4 members (excludes halogenated alkanes) is 6. The third-order valence-electron chi connectivity index (χ3n) is 4.43. The summed E-state index contributed by atoms with van der Waals surface area (Å²) in [5, 5.41) is 41.5. The van der Waals surface area contributed by atoms with Crippen molar-refractivity contribution in [3.63, 3.8) is 0 Å². The summed E-state index contributed by atoms with van der Waals surface area (Å²) >= 11 is 0. The summed E-state index contributed by atoms with van der Waals surface area (Å²) in [6, 6.07) is 0. The summed E-state index contributed by atoms with van der Waals surface area (Å²) in [5.74, 6) is -3.31. The maximum atomic E-state index is 10.4. The lowest BCUT2D eigenvalue weighted by molar-refractivity contribution is 0.0780. The van der Waals surface area contributed by atoms with Crippen LogP contribution in [-0.4, -0.2) is 56.1 Å². The Morgan fingerprint density at radius 1 is 0.545 bits per heavy atom. The van der Waals surface area contributed by atoms with Gasteiger partial charge in [0.05, 0.1) is 0 Å². The van der Waals surface area contributed by atoms with Crippen LogP contribution in [0.15, 0.2) is 0 Å². The van der Waals surface area contributed by atoms with Crippen molar-refractivity contribution >= 4 is 15.8 Å². The predicted octanol–water partition coefficient (Wildman–Crippen LogP) is 3.40. The molecule has 0 aromatic rings. The van der Waals surface area contributed by atoms with E-state index in [2.05, 4.69) is 13.8 Å². The highest BCUT2D eigenvalue weighted by atomic mass is 31.1. The fourth-order valence-electron chi connectivity index (χ4n) is 2.97. The molecule has 22 heavy (non-hydrogen) atoms. The van der Waals surface area contributed by atoms with Crippen molar-refractivity contribution in [1.29, 1.82) is 0 Å². The van der Waals surface area contributed by atoms with Crippen molar-refractivity contribution in [3.8, 4) is 0 Å². The van der Waals surface area contributed by atoms with Crippen LogP contribution in [0, 0.1) is 0 Å². The van der Waals surface area contributed by atoms with Gasteiger partial charge in [-0.25, -0.2) is 0 Å². The second kappa shape index (κ2) is 11.3. The van der Waals surface area contributed by atoms with E-state index in [0.717, 1.165) is 63.7 Å². The van der Waals surface area contributed by atoms with E-state index < -0.39 is 39.2 Å². The molecule has 0 amide bonds. The topological polar surface area (TPSA) is 80.9 Å². The molecule has 1 heterocycles. The predicted molar refractivity (Wildman–Crippen MR) is 95.9 cm³/mol. The Morgan fingerprint density at radius 2 is 0.864 bits per heavy atom. The quantitative estimate of drug-likeness (QED) is 0.359. The van der Waals surface area contributed by atoms with Gasteiger partial charge in [0.15, 0.2) is 0 Å². The fourth-order valence-corrected chi connectivity index (χ4v) is 9.26. The van der Waals surface area contributed by atoms with E-state index in [1.54, 1.807) is 0 Å². The monoisotopic (exact) mass is 352 g/mol. The van der Waals surface area contributed by atoms with Crippen molar-refractivity contribution in [1.82, 2.24) is 0 Å². The SMILES string of the molecule is CCCCCCP1C(O)C(O)P(CCCCCC)C(O)C1O. The van der Waals surface area contributed by atoms with Crippen LogP contribution in [0.25, 0.3) is 0 Å². The van der Waals surface area contributed by atoms with Crippen LogP contribution in [0.5, 0.6) is 0 Å². The zero-order valence-corrected chi connectivity index (χ0v) is 15.9. The number of aliphatic hydroxyl groups is 4. The molecule has 4 N–H and O–H groups in total. The average Bonchev–Trinajstić information content (AvgIpc) is 2.51. The summed E-state index contributed by atoms with van der Waals surface area (Å²) in [5.41, 5.74) is 0. The standard InChI is InChI=1S/C16H34O4P2/c1-3-5-7-9-11-21-13(17)15(19)22(16(20)14(21)18)12-10-8-6-4-2/h13-20H,3-12H2,1-2H3. The molecule has 0 aromatic carbocycles. The van der Waals surface area contributed by atoms with Gasteiger partial charge < -0.3 is 20.4 Å². The number of rotatable bonds is 10. The molecule has 132 valence electrons. The lowest BCUT2D eigenvalue weighted by Crippen LogP contribution is -2.41. The Hall–Kier alpha value is 0.700. The Balaban J connectivity index is 2.51. The highest BCUT2D eigenvalue weighted by molar-refractivity contribution is 7.66. The van der Waals surface area contributed by atoms with E-state index >= 15 is 0 Å². The van der Waals surface area contributed by atoms with Gasteiger partial charge in [0, 0.05) is 0 Å². The molecule has 0 spiro atoms. The van der Waals surface area contributed by atoms with Crippen molar-refractivity contribution in [2.24, 2.45) is 0 Å². The zero-order chi connectivity index (χ0) is 16.5. The average molecular weight is 352 g/mol. The molecule has 0 radical (unpaired) electrons. The van der Waals surface area contributed by atoms with Crippen LogP contribution >= 0.6 is 15.8 Å². The van der Waals surface area contributed by atoms with Gasteiger partial charge in [-0.3, -0.25) is 0 Å². The van der Waals surface area contributed by atoms with Gasteiger partial charge in [-0.05, 0) is 41.0 Å². The first-order valence-corrected chi connectivity index (χ1v) is 12.1. The first kappa shape index (κ1) is 20.7. The summed E-state index contributed by atoms with van der Waals surface area (Å²) in [6.07, 6.45) is 10.2. The van der Waals surface area contributed by atoms with Crippen LogP contribution in [0.4, 0.5) is 0 Å². The van der Waals surface area contributed by atoms with E-state index in [1.807, 2.05) is 0 Å². The van der Waals surface area contributed by atoms with Gasteiger partial charge in [-0.1, -0.05) is 52.4 Å². The van der Waals surface area contributed by atoms with Gasteiger partial charge in [-0.2, -0.15) is 0 Å². The molecule has 0 aliphatic carbocycles. The summed E-state index contributed by atoms with van der Waals surface area (Å²) in [6.45, 7) is 4.30. The maximum absolute atomic E-state index is 10.4. The van der Waals surface area contributed by atoms with E-state index in [-0.39, 0.29) is 0 Å².